The Hall–Kier alpha value is -1.01. The Kier molecular flexibility index (Phi) is 4.44. The molecule has 1 aromatic rings. The van der Waals surface area contributed by atoms with Gasteiger partial charge in [0.05, 0.1) is 17.6 Å². The van der Waals surface area contributed by atoms with Crippen LogP contribution >= 0.6 is 11.8 Å². The van der Waals surface area contributed by atoms with E-state index in [1.807, 2.05) is 20.0 Å². The Morgan fingerprint density at radius 3 is 2.90 bits per heavy atom. The molecule has 1 aliphatic rings. The second-order valence-corrected chi connectivity index (χ2v) is 6.71. The van der Waals surface area contributed by atoms with Gasteiger partial charge in [-0.2, -0.15) is 0 Å². The van der Waals surface area contributed by atoms with E-state index in [1.54, 1.807) is 0 Å². The highest BCUT2D eigenvalue weighted by Crippen LogP contribution is 2.52. The molecule has 0 saturated heterocycles. The fourth-order valence-electron chi connectivity index (χ4n) is 2.77. The van der Waals surface area contributed by atoms with Gasteiger partial charge in [0.1, 0.15) is 0 Å². The number of carbonyl (C=O) groups is 1. The maximum atomic E-state index is 10.7. The fraction of sp³-hybridized carbons (Fsp3) is 0.714. The van der Waals surface area contributed by atoms with Gasteiger partial charge in [-0.25, -0.2) is 4.98 Å². The van der Waals surface area contributed by atoms with Gasteiger partial charge in [0, 0.05) is 24.3 Å². The van der Waals surface area contributed by atoms with Crippen molar-refractivity contribution >= 4 is 17.7 Å². The van der Waals surface area contributed by atoms with Crippen molar-refractivity contribution in [2.24, 2.45) is 5.41 Å². The van der Waals surface area contributed by atoms with Crippen molar-refractivity contribution in [2.45, 2.75) is 51.4 Å². The summed E-state index contributed by atoms with van der Waals surface area (Å²) in [6.45, 7) is 9.07. The van der Waals surface area contributed by atoms with Gasteiger partial charge in [-0.3, -0.25) is 4.79 Å². The normalized spacial score (nSPS) is 24.4. The number of hydrogen-bond acceptors (Lipinski definition) is 4. The summed E-state index contributed by atoms with van der Waals surface area (Å²) in [6.07, 6.45) is 3.23. The van der Waals surface area contributed by atoms with Crippen LogP contribution in [0.4, 0.5) is 0 Å². The van der Waals surface area contributed by atoms with Gasteiger partial charge in [-0.05, 0) is 20.3 Å². The lowest BCUT2D eigenvalue weighted by Gasteiger charge is -2.52. The summed E-state index contributed by atoms with van der Waals surface area (Å²) in [5.74, 6) is -0.777. The third-order valence-electron chi connectivity index (χ3n) is 3.97. The second kappa shape index (κ2) is 5.77. The quantitative estimate of drug-likeness (QED) is 0.818. The summed E-state index contributed by atoms with van der Waals surface area (Å²) < 4.78 is 7.88. The molecule has 1 aromatic heterocycles. The molecular formula is C14H22N2O3S. The van der Waals surface area contributed by atoms with E-state index in [4.69, 9.17) is 9.84 Å². The molecule has 6 heteroatoms. The molecule has 2 rings (SSSR count). The van der Waals surface area contributed by atoms with Crippen molar-refractivity contribution < 1.29 is 14.6 Å². The standard InChI is InChI=1S/C14H22N2O3S/c1-5-19-11-6-10(14(11,3)4)16-7-9(2)15-13(16)20-8-12(17)18/h7,10-11H,5-6,8H2,1-4H3,(H,17,18). The third-order valence-corrected chi connectivity index (χ3v) is 4.92. The monoisotopic (exact) mass is 298 g/mol. The number of aryl methyl sites for hydroxylation is 1. The molecule has 1 aliphatic carbocycles. The Labute approximate surface area is 123 Å². The van der Waals surface area contributed by atoms with Crippen molar-refractivity contribution in [2.75, 3.05) is 12.4 Å². The highest BCUT2D eigenvalue weighted by Gasteiger charge is 2.50. The Bertz CT molecular complexity index is 499. The molecule has 1 fully saturated rings. The number of aromatic nitrogens is 2. The van der Waals surface area contributed by atoms with E-state index in [-0.39, 0.29) is 17.3 Å². The molecule has 112 valence electrons. The Morgan fingerprint density at radius 1 is 1.65 bits per heavy atom. The molecular weight excluding hydrogens is 276 g/mol. The average Bonchev–Trinajstić information content (AvgIpc) is 2.72. The molecule has 5 nitrogen and oxygen atoms in total. The van der Waals surface area contributed by atoms with Gasteiger partial charge in [0.2, 0.25) is 0 Å². The first-order valence-corrected chi connectivity index (χ1v) is 7.86. The molecule has 20 heavy (non-hydrogen) atoms. The predicted molar refractivity (Wildman–Crippen MR) is 78.2 cm³/mol. The molecule has 2 unspecified atom stereocenters. The third kappa shape index (κ3) is 2.86. The molecule has 0 aliphatic heterocycles. The van der Waals surface area contributed by atoms with Crippen molar-refractivity contribution in [1.29, 1.82) is 0 Å². The van der Waals surface area contributed by atoms with Gasteiger partial charge in [-0.15, -0.1) is 0 Å². The summed E-state index contributed by atoms with van der Waals surface area (Å²) in [6, 6.07) is 0.316. The minimum Gasteiger partial charge on any atom is -0.481 e. The number of thioether (sulfide) groups is 1. The SMILES string of the molecule is CCOC1CC(n2cc(C)nc2SCC(=O)O)C1(C)C. The number of carboxylic acids is 1. The number of ether oxygens (including phenoxy) is 1. The molecule has 1 N–H and O–H groups in total. The van der Waals surface area contributed by atoms with Gasteiger partial charge in [0.15, 0.2) is 5.16 Å². The van der Waals surface area contributed by atoms with Gasteiger partial charge in [0.25, 0.3) is 0 Å². The number of hydrogen-bond donors (Lipinski definition) is 1. The molecule has 0 spiro atoms. The van der Waals surface area contributed by atoms with Crippen LogP contribution < -0.4 is 0 Å². The average molecular weight is 298 g/mol. The van der Waals surface area contributed by atoms with Gasteiger partial charge < -0.3 is 14.4 Å². The van der Waals surface area contributed by atoms with E-state index in [2.05, 4.69) is 23.4 Å². The largest absolute Gasteiger partial charge is 0.481 e. The van der Waals surface area contributed by atoms with Crippen LogP contribution in [0.3, 0.4) is 0 Å². The molecule has 2 atom stereocenters. The summed E-state index contributed by atoms with van der Waals surface area (Å²) in [7, 11) is 0. The smallest absolute Gasteiger partial charge is 0.313 e. The van der Waals surface area contributed by atoms with E-state index in [0.29, 0.717) is 6.04 Å². The lowest BCUT2D eigenvalue weighted by atomic mass is 9.64. The van der Waals surface area contributed by atoms with Crippen LogP contribution in [0.1, 0.15) is 38.9 Å². The first kappa shape index (κ1) is 15.4. The highest BCUT2D eigenvalue weighted by atomic mass is 32.2. The van der Waals surface area contributed by atoms with Crippen LogP contribution in [0.2, 0.25) is 0 Å². The molecule has 0 aromatic carbocycles. The summed E-state index contributed by atoms with van der Waals surface area (Å²) >= 11 is 1.28. The van der Waals surface area contributed by atoms with Crippen molar-refractivity contribution in [3.8, 4) is 0 Å². The number of nitrogens with zero attached hydrogens (tertiary/aromatic N) is 2. The molecule has 0 bridgehead atoms. The first-order chi connectivity index (χ1) is 9.36. The summed E-state index contributed by atoms with van der Waals surface area (Å²) in [5.41, 5.74) is 0.968. The number of imidazole rings is 1. The Morgan fingerprint density at radius 2 is 2.35 bits per heavy atom. The van der Waals surface area contributed by atoms with Gasteiger partial charge in [-0.1, -0.05) is 25.6 Å². The van der Waals surface area contributed by atoms with E-state index in [0.717, 1.165) is 23.9 Å². The topological polar surface area (TPSA) is 64.4 Å². The Balaban J connectivity index is 2.15. The molecule has 0 radical (unpaired) electrons. The van der Waals surface area contributed by atoms with Crippen LogP contribution in [0.15, 0.2) is 11.4 Å². The van der Waals surface area contributed by atoms with Crippen LogP contribution in [0, 0.1) is 12.3 Å². The van der Waals surface area contributed by atoms with Crippen molar-refractivity contribution in [1.82, 2.24) is 9.55 Å². The minimum absolute atomic E-state index is 0.0402. The van der Waals surface area contributed by atoms with Crippen molar-refractivity contribution in [3.63, 3.8) is 0 Å². The first-order valence-electron chi connectivity index (χ1n) is 6.88. The van der Waals surface area contributed by atoms with Crippen LogP contribution in [0.25, 0.3) is 0 Å². The summed E-state index contributed by atoms with van der Waals surface area (Å²) in [4.78, 5) is 15.2. The molecule has 0 amide bonds. The minimum atomic E-state index is -0.817. The van der Waals surface area contributed by atoms with E-state index in [1.165, 1.54) is 11.8 Å². The number of rotatable bonds is 6. The lowest BCUT2D eigenvalue weighted by Crippen LogP contribution is -2.51. The summed E-state index contributed by atoms with van der Waals surface area (Å²) in [5, 5.41) is 9.61. The maximum absolute atomic E-state index is 10.7. The van der Waals surface area contributed by atoms with E-state index < -0.39 is 5.97 Å². The zero-order valence-electron chi connectivity index (χ0n) is 12.4. The predicted octanol–water partition coefficient (Wildman–Crippen LogP) is 2.74. The number of carboxylic acid groups (broad SMARTS) is 1. The lowest BCUT2D eigenvalue weighted by molar-refractivity contribution is -0.134. The molecule has 1 heterocycles. The molecule has 1 saturated carbocycles. The number of aliphatic carboxylic acids is 1. The maximum Gasteiger partial charge on any atom is 0.313 e. The zero-order chi connectivity index (χ0) is 14.9. The van der Waals surface area contributed by atoms with Crippen LogP contribution in [0.5, 0.6) is 0 Å². The van der Waals surface area contributed by atoms with Gasteiger partial charge >= 0.3 is 5.97 Å². The van der Waals surface area contributed by atoms with E-state index in [9.17, 15) is 4.79 Å². The zero-order valence-corrected chi connectivity index (χ0v) is 13.2. The highest BCUT2D eigenvalue weighted by molar-refractivity contribution is 7.99. The van der Waals surface area contributed by atoms with Crippen LogP contribution in [-0.2, 0) is 9.53 Å². The van der Waals surface area contributed by atoms with Crippen LogP contribution in [-0.4, -0.2) is 39.1 Å². The van der Waals surface area contributed by atoms with Crippen molar-refractivity contribution in [3.05, 3.63) is 11.9 Å². The fourth-order valence-corrected chi connectivity index (χ4v) is 3.56. The van der Waals surface area contributed by atoms with E-state index >= 15 is 0 Å². The second-order valence-electron chi connectivity index (χ2n) is 5.77.